The van der Waals surface area contributed by atoms with E-state index in [1.807, 2.05) is 0 Å². The number of hydrogen-bond acceptors (Lipinski definition) is 2. The van der Waals surface area contributed by atoms with E-state index in [0.717, 1.165) is 0 Å². The van der Waals surface area contributed by atoms with Crippen molar-refractivity contribution >= 4 is 16.6 Å². The number of hydrogen-bond donors (Lipinski definition) is 0. The van der Waals surface area contributed by atoms with Crippen molar-refractivity contribution in [3.8, 4) is 0 Å². The maximum atomic E-state index is 13.2. The summed E-state index contributed by atoms with van der Waals surface area (Å²) < 4.78 is 14.8. The number of rotatable bonds is 1. The molecule has 0 unspecified atom stereocenters. The van der Waals surface area contributed by atoms with Crippen LogP contribution >= 0.6 is 0 Å². The van der Waals surface area contributed by atoms with E-state index in [1.54, 1.807) is 11.6 Å². The smallest absolute Gasteiger partial charge is 0.270 e. The highest BCUT2D eigenvalue weighted by Crippen LogP contribution is 2.23. The van der Waals surface area contributed by atoms with Gasteiger partial charge in [-0.25, -0.2) is 4.39 Å². The molecule has 0 aliphatic heterocycles. The molecule has 0 saturated heterocycles. The SMILES string of the molecule is Cn1cc(F)c2cc([N+](=O)[O-])ccc21. The first-order chi connectivity index (χ1) is 6.59. The Kier molecular flexibility index (Phi) is 1.73. The van der Waals surface area contributed by atoms with Crippen LogP contribution in [0, 0.1) is 15.9 Å². The first kappa shape index (κ1) is 8.68. The second-order valence-corrected chi connectivity index (χ2v) is 3.05. The third-order valence-electron chi connectivity index (χ3n) is 2.14. The van der Waals surface area contributed by atoms with Gasteiger partial charge in [-0.3, -0.25) is 10.1 Å². The fourth-order valence-electron chi connectivity index (χ4n) is 1.45. The van der Waals surface area contributed by atoms with E-state index in [-0.39, 0.29) is 11.1 Å². The predicted octanol–water partition coefficient (Wildman–Crippen LogP) is 2.23. The van der Waals surface area contributed by atoms with Crippen LogP contribution in [0.3, 0.4) is 0 Å². The molecule has 1 aromatic carbocycles. The van der Waals surface area contributed by atoms with Gasteiger partial charge in [0.15, 0.2) is 0 Å². The third-order valence-corrected chi connectivity index (χ3v) is 2.14. The fraction of sp³-hybridized carbons (Fsp3) is 0.111. The van der Waals surface area contributed by atoms with Crippen molar-refractivity contribution in [2.45, 2.75) is 0 Å². The van der Waals surface area contributed by atoms with Crippen LogP contribution in [0.1, 0.15) is 0 Å². The van der Waals surface area contributed by atoms with Gasteiger partial charge in [-0.2, -0.15) is 0 Å². The zero-order valence-corrected chi connectivity index (χ0v) is 7.40. The van der Waals surface area contributed by atoms with Crippen LogP contribution in [-0.4, -0.2) is 9.49 Å². The maximum Gasteiger partial charge on any atom is 0.270 e. The number of benzene rings is 1. The quantitative estimate of drug-likeness (QED) is 0.516. The van der Waals surface area contributed by atoms with Crippen LogP contribution < -0.4 is 0 Å². The van der Waals surface area contributed by atoms with Crippen molar-refractivity contribution in [3.05, 3.63) is 40.3 Å². The lowest BCUT2D eigenvalue weighted by atomic mass is 10.2. The summed E-state index contributed by atoms with van der Waals surface area (Å²) in [5.41, 5.74) is 0.552. The second kappa shape index (κ2) is 2.80. The van der Waals surface area contributed by atoms with E-state index >= 15 is 0 Å². The topological polar surface area (TPSA) is 48.1 Å². The van der Waals surface area contributed by atoms with Gasteiger partial charge >= 0.3 is 0 Å². The van der Waals surface area contributed by atoms with E-state index in [2.05, 4.69) is 0 Å². The summed E-state index contributed by atoms with van der Waals surface area (Å²) in [5, 5.41) is 10.7. The van der Waals surface area contributed by atoms with Crippen molar-refractivity contribution in [2.75, 3.05) is 0 Å². The molecule has 0 amide bonds. The summed E-state index contributed by atoms with van der Waals surface area (Å²) in [5.74, 6) is -0.439. The van der Waals surface area contributed by atoms with Crippen LogP contribution in [0.2, 0.25) is 0 Å². The molecule has 0 saturated carbocycles. The van der Waals surface area contributed by atoms with Crippen molar-refractivity contribution < 1.29 is 9.31 Å². The molecule has 4 nitrogen and oxygen atoms in total. The minimum Gasteiger partial charge on any atom is -0.348 e. The van der Waals surface area contributed by atoms with Gasteiger partial charge in [0, 0.05) is 30.8 Å². The highest BCUT2D eigenvalue weighted by atomic mass is 19.1. The zero-order chi connectivity index (χ0) is 10.3. The van der Waals surface area contributed by atoms with Gasteiger partial charge in [0.25, 0.3) is 5.69 Å². The lowest BCUT2D eigenvalue weighted by Crippen LogP contribution is -1.88. The van der Waals surface area contributed by atoms with E-state index in [0.29, 0.717) is 5.52 Å². The average Bonchev–Trinajstić information content (AvgIpc) is 2.42. The zero-order valence-electron chi connectivity index (χ0n) is 7.40. The molecular weight excluding hydrogens is 187 g/mol. The molecule has 0 fully saturated rings. The van der Waals surface area contributed by atoms with Gasteiger partial charge in [0.1, 0.15) is 5.82 Å². The molecule has 2 aromatic rings. The lowest BCUT2D eigenvalue weighted by molar-refractivity contribution is -0.384. The van der Waals surface area contributed by atoms with Crippen molar-refractivity contribution in [2.24, 2.45) is 7.05 Å². The summed E-state index contributed by atoms with van der Waals surface area (Å²) >= 11 is 0. The first-order valence-corrected chi connectivity index (χ1v) is 3.98. The molecule has 72 valence electrons. The standard InChI is InChI=1S/C9H7FN2O2/c1-11-5-8(10)7-4-6(12(13)14)2-3-9(7)11/h2-5H,1H3. The fourth-order valence-corrected chi connectivity index (χ4v) is 1.45. The van der Waals surface area contributed by atoms with E-state index in [4.69, 9.17) is 0 Å². The van der Waals surface area contributed by atoms with Gasteiger partial charge in [-0.15, -0.1) is 0 Å². The van der Waals surface area contributed by atoms with Crippen LogP contribution in [-0.2, 0) is 7.05 Å². The Hall–Kier alpha value is -1.91. The monoisotopic (exact) mass is 194 g/mol. The number of aryl methyl sites for hydroxylation is 1. The molecule has 1 heterocycles. The summed E-state index contributed by atoms with van der Waals surface area (Å²) in [6.07, 6.45) is 1.30. The Morgan fingerprint density at radius 3 is 2.86 bits per heavy atom. The molecule has 1 aromatic heterocycles. The van der Waals surface area contributed by atoms with Crippen LogP contribution in [0.15, 0.2) is 24.4 Å². The molecule has 0 N–H and O–H groups in total. The summed E-state index contributed by atoms with van der Waals surface area (Å²) in [6, 6.07) is 4.14. The predicted molar refractivity (Wildman–Crippen MR) is 49.5 cm³/mol. The first-order valence-electron chi connectivity index (χ1n) is 3.98. The van der Waals surface area contributed by atoms with Gasteiger partial charge < -0.3 is 4.57 Å². The Bertz CT molecular complexity index is 519. The normalized spacial score (nSPS) is 10.7. The number of nitro benzene ring substituents is 1. The molecule has 0 radical (unpaired) electrons. The van der Waals surface area contributed by atoms with Crippen molar-refractivity contribution in [1.29, 1.82) is 0 Å². The molecule has 14 heavy (non-hydrogen) atoms. The number of fused-ring (bicyclic) bond motifs is 1. The molecule has 2 rings (SSSR count). The number of nitrogens with zero attached hydrogens (tertiary/aromatic N) is 2. The Balaban J connectivity index is 2.77. The number of aromatic nitrogens is 1. The van der Waals surface area contributed by atoms with Gasteiger partial charge in [-0.05, 0) is 6.07 Å². The molecule has 0 bridgehead atoms. The third kappa shape index (κ3) is 1.14. The lowest BCUT2D eigenvalue weighted by Gasteiger charge is -1.94. The number of halogens is 1. The molecule has 0 aliphatic carbocycles. The molecular formula is C9H7FN2O2. The minimum absolute atomic E-state index is 0.0948. The average molecular weight is 194 g/mol. The molecule has 0 aliphatic rings. The summed E-state index contributed by atoms with van der Waals surface area (Å²) in [6.45, 7) is 0. The van der Waals surface area contributed by atoms with Gasteiger partial charge in [0.05, 0.1) is 10.4 Å². The number of nitro groups is 1. The highest BCUT2D eigenvalue weighted by Gasteiger charge is 2.11. The largest absolute Gasteiger partial charge is 0.348 e. The minimum atomic E-state index is -0.536. The van der Waals surface area contributed by atoms with Gasteiger partial charge in [0.2, 0.25) is 0 Å². The molecule has 0 atom stereocenters. The van der Waals surface area contributed by atoms with Crippen LogP contribution in [0.4, 0.5) is 10.1 Å². The van der Waals surface area contributed by atoms with Gasteiger partial charge in [-0.1, -0.05) is 0 Å². The second-order valence-electron chi connectivity index (χ2n) is 3.05. The van der Waals surface area contributed by atoms with E-state index < -0.39 is 10.7 Å². The number of non-ortho nitro benzene ring substituents is 1. The van der Waals surface area contributed by atoms with Crippen LogP contribution in [0.25, 0.3) is 10.9 Å². The molecule has 5 heteroatoms. The summed E-state index contributed by atoms with van der Waals surface area (Å²) in [7, 11) is 1.69. The van der Waals surface area contributed by atoms with Crippen molar-refractivity contribution in [3.63, 3.8) is 0 Å². The summed E-state index contributed by atoms with van der Waals surface area (Å²) in [4.78, 5) is 9.90. The van der Waals surface area contributed by atoms with E-state index in [1.165, 1.54) is 24.4 Å². The Morgan fingerprint density at radius 2 is 2.21 bits per heavy atom. The molecule has 0 spiro atoms. The Labute approximate surface area is 78.7 Å². The Morgan fingerprint density at radius 1 is 1.50 bits per heavy atom. The maximum absolute atomic E-state index is 13.2. The van der Waals surface area contributed by atoms with E-state index in [9.17, 15) is 14.5 Å². The van der Waals surface area contributed by atoms with Crippen LogP contribution in [0.5, 0.6) is 0 Å². The van der Waals surface area contributed by atoms with Crippen molar-refractivity contribution in [1.82, 2.24) is 4.57 Å². The highest BCUT2D eigenvalue weighted by molar-refractivity contribution is 5.83.